The summed E-state index contributed by atoms with van der Waals surface area (Å²) in [4.78, 5) is 4.70. The lowest BCUT2D eigenvalue weighted by Gasteiger charge is -2.08. The number of benzene rings is 2. The average molecular weight is 380 g/mol. The Labute approximate surface area is 164 Å². The van der Waals surface area contributed by atoms with Crippen molar-refractivity contribution < 1.29 is 4.74 Å². The summed E-state index contributed by atoms with van der Waals surface area (Å²) < 4.78 is 5.75. The first kappa shape index (κ1) is 19.1. The number of aromatic nitrogens is 1. The van der Waals surface area contributed by atoms with E-state index in [-0.39, 0.29) is 0 Å². The summed E-state index contributed by atoms with van der Waals surface area (Å²) >= 11 is 1.55. The van der Waals surface area contributed by atoms with Gasteiger partial charge in [-0.25, -0.2) is 4.98 Å². The van der Waals surface area contributed by atoms with Gasteiger partial charge in [0.2, 0.25) is 5.13 Å². The van der Waals surface area contributed by atoms with Crippen LogP contribution >= 0.6 is 11.3 Å². The Bertz CT molecular complexity index is 923. The van der Waals surface area contributed by atoms with Crippen LogP contribution in [-0.2, 0) is 0 Å². The van der Waals surface area contributed by atoms with Crippen molar-refractivity contribution in [2.45, 2.75) is 34.1 Å². The lowest BCUT2D eigenvalue weighted by molar-refractivity contribution is 0.317. The fourth-order valence-electron chi connectivity index (χ4n) is 3.11. The molecule has 1 heterocycles. The van der Waals surface area contributed by atoms with Crippen molar-refractivity contribution in [3.63, 3.8) is 0 Å². The molecule has 1 aromatic heterocycles. The van der Waals surface area contributed by atoms with Crippen LogP contribution < -0.4 is 10.2 Å². The molecular formula is C22H25N3OS. The largest absolute Gasteiger partial charge is 0.493 e. The van der Waals surface area contributed by atoms with E-state index in [0.29, 0.717) is 6.61 Å². The number of hydrazone groups is 1. The van der Waals surface area contributed by atoms with Gasteiger partial charge in [-0.2, -0.15) is 5.10 Å². The number of thiazole rings is 1. The Kier molecular flexibility index (Phi) is 6.24. The summed E-state index contributed by atoms with van der Waals surface area (Å²) in [5, 5.41) is 7.18. The highest BCUT2D eigenvalue weighted by Gasteiger charge is 2.10. The van der Waals surface area contributed by atoms with Gasteiger partial charge in [0.05, 0.1) is 18.5 Å². The molecule has 0 radical (unpaired) electrons. The van der Waals surface area contributed by atoms with Crippen molar-refractivity contribution in [2.24, 2.45) is 5.10 Å². The fourth-order valence-corrected chi connectivity index (χ4v) is 3.76. The summed E-state index contributed by atoms with van der Waals surface area (Å²) in [6.45, 7) is 9.17. The third kappa shape index (κ3) is 4.74. The molecule has 5 heteroatoms. The molecule has 0 atom stereocenters. The number of nitrogens with one attached hydrogen (secondary N) is 1. The van der Waals surface area contributed by atoms with E-state index in [1.165, 1.54) is 22.3 Å². The molecule has 140 valence electrons. The Morgan fingerprint density at radius 2 is 1.89 bits per heavy atom. The van der Waals surface area contributed by atoms with Crippen LogP contribution in [0.5, 0.6) is 5.75 Å². The Hall–Kier alpha value is -2.66. The molecule has 0 saturated heterocycles. The highest BCUT2D eigenvalue weighted by molar-refractivity contribution is 7.14. The third-order valence-electron chi connectivity index (χ3n) is 4.18. The smallest absolute Gasteiger partial charge is 0.203 e. The van der Waals surface area contributed by atoms with Gasteiger partial charge in [-0.1, -0.05) is 36.8 Å². The Morgan fingerprint density at radius 3 is 2.63 bits per heavy atom. The third-order valence-corrected chi connectivity index (χ3v) is 4.93. The number of ether oxygens (including phenoxy) is 1. The van der Waals surface area contributed by atoms with Gasteiger partial charge in [0.15, 0.2) is 0 Å². The van der Waals surface area contributed by atoms with Crippen molar-refractivity contribution in [3.8, 4) is 17.0 Å². The minimum atomic E-state index is 0.698. The van der Waals surface area contributed by atoms with Gasteiger partial charge in [0.25, 0.3) is 0 Å². The van der Waals surface area contributed by atoms with Gasteiger partial charge in [-0.3, -0.25) is 5.43 Å². The minimum Gasteiger partial charge on any atom is -0.493 e. The van der Waals surface area contributed by atoms with E-state index < -0.39 is 0 Å². The van der Waals surface area contributed by atoms with Crippen LogP contribution in [-0.4, -0.2) is 17.8 Å². The van der Waals surface area contributed by atoms with E-state index >= 15 is 0 Å². The maximum absolute atomic E-state index is 5.75. The van der Waals surface area contributed by atoms with E-state index in [9.17, 15) is 0 Å². The second-order valence-corrected chi connectivity index (χ2v) is 7.43. The number of rotatable bonds is 7. The van der Waals surface area contributed by atoms with Gasteiger partial charge in [0, 0.05) is 16.5 Å². The lowest BCUT2D eigenvalue weighted by atomic mass is 9.98. The predicted octanol–water partition coefficient (Wildman–Crippen LogP) is 5.97. The molecule has 0 unspecified atom stereocenters. The van der Waals surface area contributed by atoms with E-state index in [2.05, 4.69) is 55.7 Å². The molecule has 4 nitrogen and oxygen atoms in total. The molecule has 0 aliphatic carbocycles. The van der Waals surface area contributed by atoms with Crippen LogP contribution in [0.25, 0.3) is 11.3 Å². The average Bonchev–Trinajstić information content (AvgIpc) is 3.08. The van der Waals surface area contributed by atoms with Gasteiger partial charge < -0.3 is 4.74 Å². The zero-order chi connectivity index (χ0) is 19.2. The van der Waals surface area contributed by atoms with E-state index in [1.54, 1.807) is 17.6 Å². The Balaban J connectivity index is 1.73. The van der Waals surface area contributed by atoms with Crippen molar-refractivity contribution in [1.82, 2.24) is 4.98 Å². The first-order valence-corrected chi connectivity index (χ1v) is 10.0. The summed E-state index contributed by atoms with van der Waals surface area (Å²) in [7, 11) is 0. The first-order chi connectivity index (χ1) is 13.1. The monoisotopic (exact) mass is 379 g/mol. The minimum absolute atomic E-state index is 0.698. The molecule has 2 aromatic carbocycles. The van der Waals surface area contributed by atoms with Crippen LogP contribution in [0.2, 0.25) is 0 Å². The number of nitrogens with zero attached hydrogens (tertiary/aromatic N) is 2. The molecule has 0 aliphatic rings. The quantitative estimate of drug-likeness (QED) is 0.406. The van der Waals surface area contributed by atoms with Crippen LogP contribution in [0.1, 0.15) is 35.6 Å². The predicted molar refractivity (Wildman–Crippen MR) is 115 cm³/mol. The Morgan fingerprint density at radius 1 is 1.15 bits per heavy atom. The van der Waals surface area contributed by atoms with Gasteiger partial charge in [0.1, 0.15) is 5.75 Å². The molecule has 3 rings (SSSR count). The number of anilines is 1. The standard InChI is InChI=1S/C22H25N3OS/c1-5-10-26-20-9-7-6-8-18(20)13-23-25-22-24-19(14-27-22)21-16(3)11-15(2)12-17(21)4/h6-9,11-14H,5,10H2,1-4H3,(H,24,25)/b23-13-. The fraction of sp³-hybridized carbons (Fsp3) is 0.273. The van der Waals surface area contributed by atoms with E-state index in [1.807, 2.05) is 24.3 Å². The SMILES string of the molecule is CCCOc1ccccc1/C=N\Nc1nc(-c2c(C)cc(C)cc2C)cs1. The zero-order valence-electron chi connectivity index (χ0n) is 16.2. The molecule has 0 bridgehead atoms. The number of aryl methyl sites for hydroxylation is 3. The number of hydrogen-bond acceptors (Lipinski definition) is 5. The zero-order valence-corrected chi connectivity index (χ0v) is 17.1. The summed E-state index contributed by atoms with van der Waals surface area (Å²) in [6, 6.07) is 12.3. The maximum atomic E-state index is 5.75. The van der Waals surface area contributed by atoms with Crippen molar-refractivity contribution in [2.75, 3.05) is 12.0 Å². The molecule has 3 aromatic rings. The van der Waals surface area contributed by atoms with E-state index in [4.69, 9.17) is 9.72 Å². The molecular weight excluding hydrogens is 354 g/mol. The van der Waals surface area contributed by atoms with Crippen molar-refractivity contribution in [3.05, 3.63) is 64.0 Å². The molecule has 0 fully saturated rings. The van der Waals surface area contributed by atoms with Gasteiger partial charge >= 0.3 is 0 Å². The maximum Gasteiger partial charge on any atom is 0.203 e. The van der Waals surface area contributed by atoms with Crippen LogP contribution in [0.3, 0.4) is 0 Å². The molecule has 0 aliphatic heterocycles. The first-order valence-electron chi connectivity index (χ1n) is 9.13. The summed E-state index contributed by atoms with van der Waals surface area (Å²) in [6.07, 6.45) is 2.75. The topological polar surface area (TPSA) is 46.5 Å². The van der Waals surface area contributed by atoms with Gasteiger partial charge in [-0.15, -0.1) is 11.3 Å². The van der Waals surface area contributed by atoms with Crippen LogP contribution in [0.15, 0.2) is 46.9 Å². The molecule has 1 N–H and O–H groups in total. The molecule has 0 saturated carbocycles. The molecule has 0 spiro atoms. The second kappa shape index (κ2) is 8.82. The normalized spacial score (nSPS) is 11.1. The lowest BCUT2D eigenvalue weighted by Crippen LogP contribution is -1.99. The van der Waals surface area contributed by atoms with Crippen LogP contribution in [0, 0.1) is 20.8 Å². The van der Waals surface area contributed by atoms with E-state index in [0.717, 1.165) is 28.6 Å². The van der Waals surface area contributed by atoms with Crippen molar-refractivity contribution >= 4 is 22.7 Å². The number of hydrogen-bond donors (Lipinski definition) is 1. The highest BCUT2D eigenvalue weighted by Crippen LogP contribution is 2.31. The van der Waals surface area contributed by atoms with Crippen LogP contribution in [0.4, 0.5) is 5.13 Å². The second-order valence-electron chi connectivity index (χ2n) is 6.57. The van der Waals surface area contributed by atoms with Crippen molar-refractivity contribution in [1.29, 1.82) is 0 Å². The van der Waals surface area contributed by atoms with Gasteiger partial charge in [-0.05, 0) is 50.5 Å². The molecule has 0 amide bonds. The number of para-hydroxylation sites is 1. The summed E-state index contributed by atoms with van der Waals surface area (Å²) in [5.41, 5.74) is 9.93. The highest BCUT2D eigenvalue weighted by atomic mass is 32.1. The molecule has 27 heavy (non-hydrogen) atoms. The summed E-state index contributed by atoms with van der Waals surface area (Å²) in [5.74, 6) is 0.843.